The number of nitrogens with one attached hydrogen (secondary N) is 2. The van der Waals surface area contributed by atoms with Crippen molar-refractivity contribution in [3.63, 3.8) is 0 Å². The number of anilines is 2. The second kappa shape index (κ2) is 7.13. The van der Waals surface area contributed by atoms with Crippen LogP contribution in [0.4, 0.5) is 16.2 Å². The summed E-state index contributed by atoms with van der Waals surface area (Å²) in [5, 5.41) is 14.0. The van der Waals surface area contributed by atoms with E-state index in [0.717, 1.165) is 35.4 Å². The molecule has 7 heteroatoms. The average molecular weight is 364 g/mol. The maximum atomic E-state index is 12.6. The Balaban J connectivity index is 1.79. The van der Waals surface area contributed by atoms with Crippen LogP contribution >= 0.6 is 0 Å². The fourth-order valence-electron chi connectivity index (χ4n) is 3.38. The summed E-state index contributed by atoms with van der Waals surface area (Å²) in [5.41, 5.74) is 2.73. The van der Waals surface area contributed by atoms with E-state index in [1.807, 2.05) is 30.3 Å². The Hall–Kier alpha value is -3.32. The van der Waals surface area contributed by atoms with E-state index in [-0.39, 0.29) is 5.56 Å². The largest absolute Gasteiger partial charge is 0.530 e. The number of H-pyrrole nitrogens is 1. The van der Waals surface area contributed by atoms with Crippen molar-refractivity contribution in [1.82, 2.24) is 4.98 Å². The number of aromatic nitrogens is 1. The molecule has 0 spiro atoms. The molecular formula is C20H18N3O4-. The summed E-state index contributed by atoms with van der Waals surface area (Å²) in [6, 6.07) is 14.7. The van der Waals surface area contributed by atoms with Gasteiger partial charge in [0.15, 0.2) is 0 Å². The predicted octanol–water partition coefficient (Wildman–Crippen LogP) is 1.79. The van der Waals surface area contributed by atoms with Gasteiger partial charge >= 0.3 is 0 Å². The molecule has 4 rings (SSSR count). The monoisotopic (exact) mass is 364 g/mol. The number of amides is 1. The van der Waals surface area contributed by atoms with E-state index in [4.69, 9.17) is 4.74 Å². The molecule has 0 aliphatic carbocycles. The predicted molar refractivity (Wildman–Crippen MR) is 102 cm³/mol. The molecule has 1 fully saturated rings. The summed E-state index contributed by atoms with van der Waals surface area (Å²) < 4.78 is 5.43. The Morgan fingerprint density at radius 3 is 2.67 bits per heavy atom. The van der Waals surface area contributed by atoms with Crippen LogP contribution in [-0.2, 0) is 4.74 Å². The number of carboxylic acid groups (broad SMARTS) is 1. The third-order valence-corrected chi connectivity index (χ3v) is 4.64. The van der Waals surface area contributed by atoms with Gasteiger partial charge in [-0.1, -0.05) is 24.3 Å². The minimum absolute atomic E-state index is 0.277. The zero-order valence-corrected chi connectivity index (χ0v) is 14.5. The molecule has 2 aromatic carbocycles. The molecule has 1 saturated heterocycles. The molecule has 1 amide bonds. The zero-order chi connectivity index (χ0) is 18.8. The number of nitrogens with zero attached hydrogens (tertiary/aromatic N) is 1. The number of para-hydroxylation sites is 1. The van der Waals surface area contributed by atoms with Gasteiger partial charge in [0, 0.05) is 35.4 Å². The van der Waals surface area contributed by atoms with Crippen molar-refractivity contribution in [3.05, 3.63) is 58.9 Å². The Labute approximate surface area is 155 Å². The Morgan fingerprint density at radius 1 is 1.11 bits per heavy atom. The topological polar surface area (TPSA) is 97.5 Å². The molecule has 0 saturated carbocycles. The van der Waals surface area contributed by atoms with E-state index in [1.165, 1.54) is 6.07 Å². The molecule has 2 N–H and O–H groups in total. The number of morpholine rings is 1. The summed E-state index contributed by atoms with van der Waals surface area (Å²) in [7, 11) is 0. The molecule has 2 heterocycles. The van der Waals surface area contributed by atoms with Crippen molar-refractivity contribution in [2.75, 3.05) is 36.5 Å². The molecule has 138 valence electrons. The first-order valence-corrected chi connectivity index (χ1v) is 8.69. The van der Waals surface area contributed by atoms with Gasteiger partial charge in [-0.15, -0.1) is 0 Å². The third-order valence-electron chi connectivity index (χ3n) is 4.64. The van der Waals surface area contributed by atoms with Gasteiger partial charge in [0.2, 0.25) is 0 Å². The number of carbonyl (C=O) groups is 1. The molecule has 0 bridgehead atoms. The summed E-state index contributed by atoms with van der Waals surface area (Å²) in [5.74, 6) is 0. The number of hydrogen-bond acceptors (Lipinski definition) is 5. The Morgan fingerprint density at radius 2 is 1.89 bits per heavy atom. The Kier molecular flexibility index (Phi) is 4.52. The fourth-order valence-corrected chi connectivity index (χ4v) is 3.38. The van der Waals surface area contributed by atoms with Gasteiger partial charge in [0.25, 0.3) is 5.56 Å². The molecule has 27 heavy (non-hydrogen) atoms. The van der Waals surface area contributed by atoms with Gasteiger partial charge in [0.05, 0.1) is 18.9 Å². The van der Waals surface area contributed by atoms with Crippen LogP contribution in [0.15, 0.2) is 53.3 Å². The summed E-state index contributed by atoms with van der Waals surface area (Å²) in [6.07, 6.45) is -1.41. The molecule has 3 aromatic rings. The first-order valence-electron chi connectivity index (χ1n) is 8.69. The number of pyridine rings is 1. The van der Waals surface area contributed by atoms with E-state index < -0.39 is 6.09 Å². The highest BCUT2D eigenvalue weighted by Crippen LogP contribution is 2.31. The van der Waals surface area contributed by atoms with Crippen molar-refractivity contribution in [3.8, 4) is 11.3 Å². The van der Waals surface area contributed by atoms with Gasteiger partial charge in [-0.3, -0.25) is 4.79 Å². The average Bonchev–Trinajstić information content (AvgIpc) is 2.68. The van der Waals surface area contributed by atoms with Crippen molar-refractivity contribution in [1.29, 1.82) is 0 Å². The van der Waals surface area contributed by atoms with E-state index in [2.05, 4.69) is 15.2 Å². The molecule has 0 unspecified atom stereocenters. The maximum absolute atomic E-state index is 12.6. The third kappa shape index (κ3) is 3.50. The van der Waals surface area contributed by atoms with E-state index in [0.29, 0.717) is 24.3 Å². The minimum Gasteiger partial charge on any atom is -0.530 e. The lowest BCUT2D eigenvalue weighted by Gasteiger charge is -2.30. The molecule has 1 aromatic heterocycles. The van der Waals surface area contributed by atoms with Gasteiger partial charge in [0.1, 0.15) is 6.09 Å². The fraction of sp³-hybridized carbons (Fsp3) is 0.200. The van der Waals surface area contributed by atoms with Gasteiger partial charge in [-0.05, 0) is 29.7 Å². The lowest BCUT2D eigenvalue weighted by molar-refractivity contribution is -0.242. The number of rotatable bonds is 3. The lowest BCUT2D eigenvalue weighted by atomic mass is 10.0. The molecule has 1 aliphatic heterocycles. The summed E-state index contributed by atoms with van der Waals surface area (Å²) >= 11 is 0. The van der Waals surface area contributed by atoms with Crippen LogP contribution < -0.4 is 20.9 Å². The highest BCUT2D eigenvalue weighted by Gasteiger charge is 2.16. The second-order valence-corrected chi connectivity index (χ2v) is 6.34. The van der Waals surface area contributed by atoms with Gasteiger partial charge < -0.3 is 29.8 Å². The quantitative estimate of drug-likeness (QED) is 0.738. The van der Waals surface area contributed by atoms with Crippen molar-refractivity contribution in [2.24, 2.45) is 0 Å². The maximum Gasteiger partial charge on any atom is 0.256 e. The van der Waals surface area contributed by atoms with Crippen LogP contribution in [0.1, 0.15) is 0 Å². The lowest BCUT2D eigenvalue weighted by Crippen LogP contribution is -2.36. The van der Waals surface area contributed by atoms with E-state index >= 15 is 0 Å². The molecule has 1 aliphatic rings. The van der Waals surface area contributed by atoms with Crippen molar-refractivity contribution >= 4 is 28.2 Å². The summed E-state index contributed by atoms with van der Waals surface area (Å²) in [4.78, 5) is 28.5. The molecular weight excluding hydrogens is 346 g/mol. The van der Waals surface area contributed by atoms with Crippen molar-refractivity contribution < 1.29 is 14.6 Å². The number of carbonyl (C=O) groups excluding carboxylic acids is 1. The van der Waals surface area contributed by atoms with Gasteiger partial charge in [-0.25, -0.2) is 0 Å². The number of aromatic amines is 1. The summed E-state index contributed by atoms with van der Waals surface area (Å²) in [6.45, 7) is 2.95. The number of benzene rings is 2. The second-order valence-electron chi connectivity index (χ2n) is 6.34. The number of ether oxygens (including phenoxy) is 1. The molecule has 0 atom stereocenters. The first-order chi connectivity index (χ1) is 13.1. The minimum atomic E-state index is -1.41. The van der Waals surface area contributed by atoms with Crippen LogP contribution in [0.2, 0.25) is 0 Å². The van der Waals surface area contributed by atoms with Crippen LogP contribution in [0.5, 0.6) is 0 Å². The van der Waals surface area contributed by atoms with Crippen LogP contribution in [-0.4, -0.2) is 37.4 Å². The Bertz CT molecular complexity index is 1050. The van der Waals surface area contributed by atoms with E-state index in [1.54, 1.807) is 12.1 Å². The van der Waals surface area contributed by atoms with Crippen molar-refractivity contribution in [2.45, 2.75) is 0 Å². The normalized spacial score (nSPS) is 14.3. The highest BCUT2D eigenvalue weighted by molar-refractivity contribution is 5.92. The smallest absolute Gasteiger partial charge is 0.256 e. The highest BCUT2D eigenvalue weighted by atomic mass is 16.5. The first kappa shape index (κ1) is 17.1. The van der Waals surface area contributed by atoms with Crippen LogP contribution in [0.25, 0.3) is 22.0 Å². The van der Waals surface area contributed by atoms with Crippen LogP contribution in [0, 0.1) is 0 Å². The van der Waals surface area contributed by atoms with Crippen LogP contribution in [0.3, 0.4) is 0 Å². The number of fused-ring (bicyclic) bond motifs is 1. The molecule has 0 radical (unpaired) electrons. The standard InChI is InChI=1S/C20H19N3O4/c24-19-16-12-14(21-20(25)26)6-5-13(16)11-17(22-19)15-3-1-2-4-18(15)23-7-9-27-10-8-23/h1-6,11-12,21H,7-10H2,(H,22,24)(H,25,26)/p-1. The zero-order valence-electron chi connectivity index (χ0n) is 14.5. The SMILES string of the molecule is O=C([O-])Nc1ccc2cc(-c3ccccc3N3CCOCC3)[nH]c(=O)c2c1. The number of hydrogen-bond donors (Lipinski definition) is 2. The van der Waals surface area contributed by atoms with E-state index in [9.17, 15) is 14.7 Å². The van der Waals surface area contributed by atoms with Gasteiger partial charge in [-0.2, -0.15) is 0 Å². The molecule has 7 nitrogen and oxygen atoms in total.